The molecule has 0 aromatic rings. The number of halogens is 4. The van der Waals surface area contributed by atoms with Crippen LogP contribution in [0.25, 0.3) is 0 Å². The van der Waals surface area contributed by atoms with Crippen molar-refractivity contribution in [2.24, 2.45) is 0 Å². The molecule has 0 N–H and O–H groups in total. The van der Waals surface area contributed by atoms with Crippen LogP contribution >= 0.6 is 23.2 Å². The Morgan fingerprint density at radius 1 is 1.62 bits per heavy atom. The molecule has 0 heterocycles. The summed E-state index contributed by atoms with van der Waals surface area (Å²) in [4.78, 5) is 0. The number of allylic oxidation sites excluding steroid dienone is 1. The molecule has 0 nitrogen and oxygen atoms in total. The summed E-state index contributed by atoms with van der Waals surface area (Å²) < 4.78 is 23.7. The van der Waals surface area contributed by atoms with Crippen LogP contribution in [-0.4, -0.2) is 5.92 Å². The topological polar surface area (TPSA) is 0 Å². The molecule has 0 saturated heterocycles. The van der Waals surface area contributed by atoms with E-state index in [2.05, 4.69) is 0 Å². The van der Waals surface area contributed by atoms with Crippen molar-refractivity contribution in [2.45, 2.75) is 12.8 Å². The minimum atomic E-state index is -3.00. The van der Waals surface area contributed by atoms with Crippen molar-refractivity contribution >= 4 is 23.2 Å². The van der Waals surface area contributed by atoms with E-state index in [1.54, 1.807) is 0 Å². The van der Waals surface area contributed by atoms with E-state index < -0.39 is 11.0 Å². The van der Waals surface area contributed by atoms with Crippen LogP contribution in [0.15, 0.2) is 10.6 Å². The van der Waals surface area contributed by atoms with Gasteiger partial charge in [0.15, 0.2) is 0 Å². The second-order valence-corrected chi connectivity index (χ2v) is 1.97. The largest absolute Gasteiger partial charge is 0.281 e. The Hall–Kier alpha value is 0.180. The van der Waals surface area contributed by atoms with Crippen LogP contribution in [0.3, 0.4) is 0 Å². The number of alkyl halides is 2. The van der Waals surface area contributed by atoms with Gasteiger partial charge in [-0.05, 0) is 0 Å². The van der Waals surface area contributed by atoms with E-state index >= 15 is 0 Å². The lowest BCUT2D eigenvalue weighted by Gasteiger charge is -2.05. The minimum absolute atomic E-state index is 0.640. The summed E-state index contributed by atoms with van der Waals surface area (Å²) in [6.45, 7) is 0.675. The first kappa shape index (κ1) is 8.18. The Balaban J connectivity index is 4.03. The highest BCUT2D eigenvalue weighted by molar-refractivity contribution is 6.37. The Morgan fingerprint density at radius 2 is 2.00 bits per heavy atom. The van der Waals surface area contributed by atoms with Gasteiger partial charge in [0, 0.05) is 12.5 Å². The molecule has 0 spiro atoms. The summed E-state index contributed by atoms with van der Waals surface area (Å²) >= 11 is 9.78. The Morgan fingerprint density at radius 3 is 2.00 bits per heavy atom. The van der Waals surface area contributed by atoms with E-state index in [9.17, 15) is 8.78 Å². The molecule has 0 saturated carbocycles. The van der Waals surface area contributed by atoms with E-state index in [-0.39, 0.29) is 0 Å². The summed E-state index contributed by atoms with van der Waals surface area (Å²) in [6, 6.07) is 0. The first-order valence-corrected chi connectivity index (χ1v) is 2.64. The van der Waals surface area contributed by atoms with Crippen molar-refractivity contribution < 1.29 is 8.78 Å². The lowest BCUT2D eigenvalue weighted by atomic mass is 10.4. The van der Waals surface area contributed by atoms with E-state index in [0.29, 0.717) is 12.5 Å². The highest BCUT2D eigenvalue weighted by Crippen LogP contribution is 2.26. The smallest absolute Gasteiger partial charge is 0.201 e. The normalized spacial score (nSPS) is 14.4. The van der Waals surface area contributed by atoms with Gasteiger partial charge < -0.3 is 0 Å². The lowest BCUT2D eigenvalue weighted by Crippen LogP contribution is -2.08. The molecule has 48 valence electrons. The van der Waals surface area contributed by atoms with Crippen LogP contribution in [0.5, 0.6) is 0 Å². The summed E-state index contributed by atoms with van der Waals surface area (Å²) in [5.41, 5.74) is 0.654. The molecule has 0 aliphatic heterocycles. The Bertz CT molecular complexity index is 103. The fraction of sp³-hybridized carbons (Fsp3) is 0.500. The fourth-order valence-electron chi connectivity index (χ4n) is 0.0958. The van der Waals surface area contributed by atoms with Crippen LogP contribution in [0.4, 0.5) is 8.78 Å². The third-order valence-corrected chi connectivity index (χ3v) is 1.29. The van der Waals surface area contributed by atoms with Gasteiger partial charge in [0.05, 0.1) is 5.03 Å². The number of hydrogen-bond acceptors (Lipinski definition) is 0. The van der Waals surface area contributed by atoms with Gasteiger partial charge in [0.2, 0.25) is 0 Å². The monoisotopic (exact) mass is 160 g/mol. The lowest BCUT2D eigenvalue weighted by molar-refractivity contribution is 0.0722. The first-order chi connectivity index (χ1) is 3.48. The summed E-state index contributed by atoms with van der Waals surface area (Å²) in [6.07, 6.45) is 0. The van der Waals surface area contributed by atoms with Gasteiger partial charge in [0.25, 0.3) is 5.92 Å². The molecule has 0 amide bonds. The predicted octanol–water partition coefficient (Wildman–Crippen LogP) is 2.96. The van der Waals surface area contributed by atoms with Crippen molar-refractivity contribution in [1.29, 1.82) is 0 Å². The second kappa shape index (κ2) is 2.65. The molecule has 0 aliphatic rings. The first-order valence-electron chi connectivity index (χ1n) is 1.82. The molecule has 0 aromatic heterocycles. The molecule has 8 heavy (non-hydrogen) atoms. The fourth-order valence-corrected chi connectivity index (χ4v) is 0.287. The molecule has 0 aliphatic carbocycles. The minimum Gasteiger partial charge on any atom is -0.201 e. The van der Waals surface area contributed by atoms with Gasteiger partial charge in [-0.1, -0.05) is 23.2 Å². The molecule has 0 radical (unpaired) electrons. The summed E-state index contributed by atoms with van der Waals surface area (Å²) in [5, 5.41) is -0.640. The van der Waals surface area contributed by atoms with Crippen molar-refractivity contribution in [3.05, 3.63) is 10.6 Å². The standard InChI is InChI=1S/C4H4Cl2F2/c1-4(7,8)3(6)2-5/h2H,1H3. The van der Waals surface area contributed by atoms with Crippen molar-refractivity contribution in [3.63, 3.8) is 0 Å². The molecule has 4 heteroatoms. The Kier molecular flexibility index (Phi) is 2.71. The van der Waals surface area contributed by atoms with Gasteiger partial charge in [-0.25, -0.2) is 8.78 Å². The highest BCUT2D eigenvalue weighted by atomic mass is 35.5. The van der Waals surface area contributed by atoms with Crippen LogP contribution in [0, 0.1) is 0 Å². The van der Waals surface area contributed by atoms with E-state index in [1.165, 1.54) is 0 Å². The average molecular weight is 161 g/mol. The van der Waals surface area contributed by atoms with Gasteiger partial charge in [0.1, 0.15) is 0 Å². The van der Waals surface area contributed by atoms with E-state index in [1.807, 2.05) is 0 Å². The third kappa shape index (κ3) is 2.48. The third-order valence-electron chi connectivity index (χ3n) is 0.515. The van der Waals surface area contributed by atoms with Crippen molar-refractivity contribution in [2.75, 3.05) is 0 Å². The molecule has 0 unspecified atom stereocenters. The van der Waals surface area contributed by atoms with Crippen LogP contribution in [0.2, 0.25) is 0 Å². The highest BCUT2D eigenvalue weighted by Gasteiger charge is 2.25. The molecule has 0 aromatic carbocycles. The SMILES string of the molecule is CC(F)(F)C(Cl)=CCl. The maximum Gasteiger partial charge on any atom is 0.281 e. The van der Waals surface area contributed by atoms with Crippen molar-refractivity contribution in [1.82, 2.24) is 0 Å². The van der Waals surface area contributed by atoms with Crippen molar-refractivity contribution in [3.8, 4) is 0 Å². The van der Waals surface area contributed by atoms with Gasteiger partial charge in [-0.3, -0.25) is 0 Å². The Labute approximate surface area is 56.1 Å². The van der Waals surface area contributed by atoms with Gasteiger partial charge >= 0.3 is 0 Å². The molecular weight excluding hydrogens is 157 g/mol. The predicted molar refractivity (Wildman–Crippen MR) is 30.4 cm³/mol. The maximum atomic E-state index is 11.8. The summed E-state index contributed by atoms with van der Waals surface area (Å²) in [5.74, 6) is -3.00. The molecular formula is C4H4Cl2F2. The number of hydrogen-bond donors (Lipinski definition) is 0. The van der Waals surface area contributed by atoms with Crippen LogP contribution < -0.4 is 0 Å². The van der Waals surface area contributed by atoms with Crippen LogP contribution in [-0.2, 0) is 0 Å². The molecule has 0 fully saturated rings. The quantitative estimate of drug-likeness (QED) is 0.554. The van der Waals surface area contributed by atoms with E-state index in [0.717, 1.165) is 0 Å². The zero-order valence-corrected chi connectivity index (χ0v) is 5.60. The molecule has 0 rings (SSSR count). The molecule has 0 bridgehead atoms. The van der Waals surface area contributed by atoms with Gasteiger partial charge in [-0.2, -0.15) is 0 Å². The zero-order chi connectivity index (χ0) is 6.78. The summed E-state index contributed by atoms with van der Waals surface area (Å²) in [7, 11) is 0. The zero-order valence-electron chi connectivity index (χ0n) is 4.09. The van der Waals surface area contributed by atoms with E-state index in [4.69, 9.17) is 23.2 Å². The van der Waals surface area contributed by atoms with Gasteiger partial charge in [-0.15, -0.1) is 0 Å². The average Bonchev–Trinajstić information content (AvgIpc) is 1.62. The molecule has 0 atom stereocenters. The number of rotatable bonds is 1. The maximum absolute atomic E-state index is 11.8. The van der Waals surface area contributed by atoms with Crippen LogP contribution in [0.1, 0.15) is 6.92 Å². The second-order valence-electron chi connectivity index (χ2n) is 1.35.